The molecule has 7 heteroatoms. The van der Waals surface area contributed by atoms with Crippen LogP contribution in [0.1, 0.15) is 67.8 Å². The summed E-state index contributed by atoms with van der Waals surface area (Å²) in [4.78, 5) is 26.3. The van der Waals surface area contributed by atoms with E-state index in [1.807, 2.05) is 18.7 Å². The number of hydrogen-bond acceptors (Lipinski definition) is 4. The van der Waals surface area contributed by atoms with Gasteiger partial charge in [-0.2, -0.15) is 5.26 Å². The summed E-state index contributed by atoms with van der Waals surface area (Å²) in [6, 6.07) is 2.21. The van der Waals surface area contributed by atoms with Crippen molar-refractivity contribution in [1.82, 2.24) is 9.47 Å². The molecular formula is C20H29N5O2. The molecule has 7 nitrogen and oxygen atoms in total. The molecule has 1 unspecified atom stereocenters. The smallest absolute Gasteiger partial charge is 0.239 e. The molecule has 1 saturated heterocycles. The Kier molecular flexibility index (Phi) is 5.85. The van der Waals surface area contributed by atoms with Crippen molar-refractivity contribution in [1.29, 1.82) is 5.26 Å². The van der Waals surface area contributed by atoms with Crippen LogP contribution in [0.5, 0.6) is 0 Å². The first-order valence-electron chi connectivity index (χ1n) is 9.88. The minimum atomic E-state index is -0.384. The van der Waals surface area contributed by atoms with E-state index < -0.39 is 0 Å². The number of rotatable bonds is 5. The molecule has 3 rings (SSSR count). The number of nitrogens with two attached hydrogens (primary N) is 1. The summed E-state index contributed by atoms with van der Waals surface area (Å²) in [6.07, 6.45) is 7.08. The average Bonchev–Trinajstić information content (AvgIpc) is 3.23. The number of hydrogen-bond donors (Lipinski definition) is 2. The Bertz CT molecular complexity index is 770. The molecule has 1 atom stereocenters. The highest BCUT2D eigenvalue weighted by Gasteiger charge is 2.30. The minimum Gasteiger partial charge on any atom is -0.368 e. The van der Waals surface area contributed by atoms with Gasteiger partial charge in [0, 0.05) is 11.7 Å². The van der Waals surface area contributed by atoms with Gasteiger partial charge in [-0.05, 0) is 51.6 Å². The number of nitrogens with zero attached hydrogens (tertiary/aromatic N) is 3. The van der Waals surface area contributed by atoms with Gasteiger partial charge < -0.3 is 15.6 Å². The van der Waals surface area contributed by atoms with Crippen molar-refractivity contribution in [2.24, 2.45) is 5.73 Å². The van der Waals surface area contributed by atoms with E-state index in [-0.39, 0.29) is 24.4 Å². The predicted octanol–water partition coefficient (Wildman–Crippen LogP) is 2.37. The topological polar surface area (TPSA) is 104 Å². The van der Waals surface area contributed by atoms with Gasteiger partial charge in [0.05, 0.1) is 18.2 Å². The van der Waals surface area contributed by atoms with Crippen LogP contribution in [0, 0.1) is 25.2 Å². The summed E-state index contributed by atoms with van der Waals surface area (Å²) in [5, 5.41) is 12.6. The largest absolute Gasteiger partial charge is 0.368 e. The number of likely N-dealkylation sites (tertiary alicyclic amines) is 1. The maximum absolute atomic E-state index is 12.8. The molecule has 1 aliphatic heterocycles. The van der Waals surface area contributed by atoms with Crippen LogP contribution in [0.3, 0.4) is 0 Å². The number of nitrogens with one attached hydrogen (secondary N) is 1. The molecule has 0 radical (unpaired) electrons. The Morgan fingerprint density at radius 2 is 1.85 bits per heavy atom. The van der Waals surface area contributed by atoms with E-state index >= 15 is 0 Å². The van der Waals surface area contributed by atoms with Crippen molar-refractivity contribution >= 4 is 17.6 Å². The molecule has 2 aliphatic rings. The predicted molar refractivity (Wildman–Crippen MR) is 103 cm³/mol. The van der Waals surface area contributed by atoms with E-state index in [4.69, 9.17) is 5.73 Å². The molecule has 146 valence electrons. The Balaban J connectivity index is 1.82. The van der Waals surface area contributed by atoms with Crippen molar-refractivity contribution in [3.63, 3.8) is 0 Å². The molecule has 27 heavy (non-hydrogen) atoms. The molecule has 1 saturated carbocycles. The molecule has 2 heterocycles. The highest BCUT2D eigenvalue weighted by atomic mass is 16.2. The van der Waals surface area contributed by atoms with Gasteiger partial charge in [-0.3, -0.25) is 14.5 Å². The second-order valence-electron chi connectivity index (χ2n) is 7.79. The Labute approximate surface area is 160 Å². The van der Waals surface area contributed by atoms with Crippen molar-refractivity contribution in [3.05, 3.63) is 16.8 Å². The fourth-order valence-corrected chi connectivity index (χ4v) is 4.56. The van der Waals surface area contributed by atoms with Gasteiger partial charge in [-0.25, -0.2) is 0 Å². The third kappa shape index (κ3) is 3.86. The van der Waals surface area contributed by atoms with Crippen LogP contribution in [-0.4, -0.2) is 40.4 Å². The first-order valence-corrected chi connectivity index (χ1v) is 9.88. The van der Waals surface area contributed by atoms with E-state index in [0.29, 0.717) is 30.4 Å². The standard InChI is InChI=1S/C20H29N5O2/c1-13-14(2)25(15-7-3-4-8-15)20(16(13)11-21)23-18(26)12-24-10-6-5-9-17(24)19(22)27/h15,17H,3-10,12H2,1-2H3,(H2,22,27)(H,23,26). The van der Waals surface area contributed by atoms with Crippen molar-refractivity contribution in [2.45, 2.75) is 70.9 Å². The maximum atomic E-state index is 12.8. The lowest BCUT2D eigenvalue weighted by Gasteiger charge is -2.33. The number of nitriles is 1. The zero-order valence-electron chi connectivity index (χ0n) is 16.3. The summed E-state index contributed by atoms with van der Waals surface area (Å²) >= 11 is 0. The maximum Gasteiger partial charge on any atom is 0.239 e. The number of anilines is 1. The van der Waals surface area contributed by atoms with Crippen LogP contribution in [0.2, 0.25) is 0 Å². The van der Waals surface area contributed by atoms with Crippen molar-refractivity contribution in [2.75, 3.05) is 18.4 Å². The van der Waals surface area contributed by atoms with Gasteiger partial charge in [0.25, 0.3) is 0 Å². The highest BCUT2D eigenvalue weighted by Crippen LogP contribution is 2.37. The Morgan fingerprint density at radius 3 is 2.48 bits per heavy atom. The molecule has 2 fully saturated rings. The molecule has 3 N–H and O–H groups in total. The van der Waals surface area contributed by atoms with Gasteiger partial charge in [0.15, 0.2) is 0 Å². The Morgan fingerprint density at radius 1 is 1.19 bits per heavy atom. The molecule has 0 spiro atoms. The number of carbonyl (C=O) groups is 2. The minimum absolute atomic E-state index is 0.117. The second kappa shape index (κ2) is 8.13. The number of aromatic nitrogens is 1. The van der Waals surface area contributed by atoms with Crippen LogP contribution in [0.15, 0.2) is 0 Å². The third-order valence-corrected chi connectivity index (χ3v) is 6.11. The van der Waals surface area contributed by atoms with Gasteiger partial charge >= 0.3 is 0 Å². The number of amides is 2. The van der Waals surface area contributed by atoms with Crippen LogP contribution < -0.4 is 11.1 Å². The first kappa shape index (κ1) is 19.4. The number of piperidine rings is 1. The lowest BCUT2D eigenvalue weighted by atomic mass is 10.0. The van der Waals surface area contributed by atoms with Crippen LogP contribution in [-0.2, 0) is 9.59 Å². The van der Waals surface area contributed by atoms with Crippen LogP contribution in [0.4, 0.5) is 5.82 Å². The fourth-order valence-electron chi connectivity index (χ4n) is 4.56. The summed E-state index contributed by atoms with van der Waals surface area (Å²) in [5.74, 6) is 0.0367. The quantitative estimate of drug-likeness (QED) is 0.829. The zero-order valence-corrected chi connectivity index (χ0v) is 16.3. The summed E-state index contributed by atoms with van der Waals surface area (Å²) in [5.41, 5.74) is 8.01. The zero-order chi connectivity index (χ0) is 19.6. The molecule has 1 aromatic rings. The van der Waals surface area contributed by atoms with Crippen LogP contribution in [0.25, 0.3) is 0 Å². The molecular weight excluding hydrogens is 342 g/mol. The third-order valence-electron chi connectivity index (χ3n) is 6.11. The van der Waals surface area contributed by atoms with Crippen LogP contribution >= 0.6 is 0 Å². The summed E-state index contributed by atoms with van der Waals surface area (Å²) in [7, 11) is 0. The van der Waals surface area contributed by atoms with E-state index in [2.05, 4.69) is 16.0 Å². The SMILES string of the molecule is Cc1c(C#N)c(NC(=O)CN2CCCCC2C(N)=O)n(C2CCCC2)c1C. The molecule has 2 amide bonds. The second-order valence-corrected chi connectivity index (χ2v) is 7.79. The lowest BCUT2D eigenvalue weighted by Crippen LogP contribution is -2.50. The van der Waals surface area contributed by atoms with E-state index in [0.717, 1.165) is 36.9 Å². The monoisotopic (exact) mass is 371 g/mol. The van der Waals surface area contributed by atoms with Crippen molar-refractivity contribution < 1.29 is 9.59 Å². The van der Waals surface area contributed by atoms with Gasteiger partial charge in [-0.1, -0.05) is 19.3 Å². The normalized spacial score (nSPS) is 21.1. The number of carbonyl (C=O) groups excluding carboxylic acids is 2. The first-order chi connectivity index (χ1) is 12.9. The molecule has 0 bridgehead atoms. The van der Waals surface area contributed by atoms with Gasteiger partial charge in [0.2, 0.25) is 11.8 Å². The van der Waals surface area contributed by atoms with E-state index in [1.165, 1.54) is 12.8 Å². The summed E-state index contributed by atoms with van der Waals surface area (Å²) in [6.45, 7) is 4.75. The molecule has 1 aromatic heterocycles. The lowest BCUT2D eigenvalue weighted by molar-refractivity contribution is -0.126. The average molecular weight is 371 g/mol. The number of primary amides is 1. The molecule has 0 aromatic carbocycles. The van der Waals surface area contributed by atoms with Crippen molar-refractivity contribution in [3.8, 4) is 6.07 Å². The van der Waals surface area contributed by atoms with E-state index in [1.54, 1.807) is 0 Å². The summed E-state index contributed by atoms with van der Waals surface area (Å²) < 4.78 is 2.14. The van der Waals surface area contributed by atoms with Gasteiger partial charge in [-0.15, -0.1) is 0 Å². The van der Waals surface area contributed by atoms with Gasteiger partial charge in [0.1, 0.15) is 11.9 Å². The Hall–Kier alpha value is -2.33. The fraction of sp³-hybridized carbons (Fsp3) is 0.650. The highest BCUT2D eigenvalue weighted by molar-refractivity contribution is 5.94. The molecule has 1 aliphatic carbocycles. The van der Waals surface area contributed by atoms with E-state index in [9.17, 15) is 14.9 Å².